The molecule has 0 spiro atoms. The van der Waals surface area contributed by atoms with Crippen molar-refractivity contribution in [2.24, 2.45) is 0 Å². The van der Waals surface area contributed by atoms with Crippen molar-refractivity contribution in [2.75, 3.05) is 5.88 Å². The van der Waals surface area contributed by atoms with Crippen molar-refractivity contribution in [1.29, 1.82) is 0 Å². The van der Waals surface area contributed by atoms with E-state index in [0.29, 0.717) is 18.2 Å². The maximum absolute atomic E-state index is 5.42. The molecule has 4 nitrogen and oxygen atoms in total. The Bertz CT molecular complexity index is 184. The highest BCUT2D eigenvalue weighted by molar-refractivity contribution is 6.17. The molecular weight excluding hydrogens is 140 g/mol. The third-order valence-corrected chi connectivity index (χ3v) is 1.01. The number of nitrogens with zero attached hydrogens (tertiary/aromatic N) is 4. The Labute approximate surface area is 57.8 Å². The zero-order valence-corrected chi connectivity index (χ0v) is 5.84. The highest BCUT2D eigenvalue weighted by atomic mass is 35.5. The van der Waals surface area contributed by atoms with Gasteiger partial charge in [-0.2, -0.15) is 4.80 Å². The average Bonchev–Trinajstić information content (AvgIpc) is 2.17. The first kappa shape index (κ1) is 6.48. The fourth-order valence-electron chi connectivity index (χ4n) is 0.494. The standard InChI is InChI=1S/C4H7ClN4/c1-4-6-8-9(7-4)3-2-5/h2-3H2,1H3. The number of aromatic nitrogens is 4. The first-order valence-corrected chi connectivity index (χ1v) is 3.17. The molecule has 0 aliphatic carbocycles. The number of halogens is 1. The van der Waals surface area contributed by atoms with Crippen LogP contribution >= 0.6 is 11.6 Å². The van der Waals surface area contributed by atoms with Crippen molar-refractivity contribution in [3.8, 4) is 0 Å². The van der Waals surface area contributed by atoms with Gasteiger partial charge in [-0.05, 0) is 12.1 Å². The zero-order valence-electron chi connectivity index (χ0n) is 5.08. The molecule has 50 valence electrons. The molecule has 0 atom stereocenters. The van der Waals surface area contributed by atoms with Gasteiger partial charge in [0, 0.05) is 5.88 Å². The fourth-order valence-corrected chi connectivity index (χ4v) is 0.645. The van der Waals surface area contributed by atoms with Crippen LogP contribution in [0, 0.1) is 6.92 Å². The van der Waals surface area contributed by atoms with Crippen LogP contribution < -0.4 is 0 Å². The second kappa shape index (κ2) is 2.77. The highest BCUT2D eigenvalue weighted by Crippen LogP contribution is 1.83. The summed E-state index contributed by atoms with van der Waals surface area (Å²) >= 11 is 5.42. The Morgan fingerprint density at radius 2 is 2.44 bits per heavy atom. The summed E-state index contributed by atoms with van der Waals surface area (Å²) in [5, 5.41) is 11.3. The van der Waals surface area contributed by atoms with Crippen LogP contribution in [-0.4, -0.2) is 26.1 Å². The SMILES string of the molecule is Cc1nnn(CCCl)n1. The summed E-state index contributed by atoms with van der Waals surface area (Å²) in [4.78, 5) is 1.47. The average molecular weight is 147 g/mol. The molecule has 0 aliphatic rings. The second-order valence-electron chi connectivity index (χ2n) is 1.62. The molecular formula is C4H7ClN4. The summed E-state index contributed by atoms with van der Waals surface area (Å²) < 4.78 is 0. The van der Waals surface area contributed by atoms with Crippen molar-refractivity contribution < 1.29 is 0 Å². The molecule has 5 heteroatoms. The lowest BCUT2D eigenvalue weighted by molar-refractivity contribution is 0.554. The lowest BCUT2D eigenvalue weighted by atomic mass is 10.8. The summed E-state index contributed by atoms with van der Waals surface area (Å²) in [6, 6.07) is 0. The van der Waals surface area contributed by atoms with Crippen LogP contribution in [0.15, 0.2) is 0 Å². The summed E-state index contributed by atoms with van der Waals surface area (Å²) in [7, 11) is 0. The molecule has 9 heavy (non-hydrogen) atoms. The maximum Gasteiger partial charge on any atom is 0.171 e. The molecule has 0 radical (unpaired) electrons. The van der Waals surface area contributed by atoms with E-state index in [0.717, 1.165) is 0 Å². The lowest BCUT2D eigenvalue weighted by Crippen LogP contribution is -2.03. The van der Waals surface area contributed by atoms with Gasteiger partial charge in [0.05, 0.1) is 6.54 Å². The van der Waals surface area contributed by atoms with Crippen LogP contribution in [-0.2, 0) is 6.54 Å². The topological polar surface area (TPSA) is 43.6 Å². The molecule has 1 aromatic heterocycles. The van der Waals surface area contributed by atoms with Gasteiger partial charge in [0.15, 0.2) is 5.82 Å². The first-order chi connectivity index (χ1) is 4.33. The Hall–Kier alpha value is -0.640. The molecule has 0 amide bonds. The van der Waals surface area contributed by atoms with E-state index in [4.69, 9.17) is 11.6 Å². The molecule has 1 aromatic rings. The monoisotopic (exact) mass is 146 g/mol. The minimum atomic E-state index is 0.524. The summed E-state index contributed by atoms with van der Waals surface area (Å²) in [5.41, 5.74) is 0. The van der Waals surface area contributed by atoms with Gasteiger partial charge in [-0.1, -0.05) is 0 Å². The molecule has 0 saturated heterocycles. The van der Waals surface area contributed by atoms with Crippen molar-refractivity contribution in [3.63, 3.8) is 0 Å². The van der Waals surface area contributed by atoms with Crippen molar-refractivity contribution in [2.45, 2.75) is 13.5 Å². The number of hydrogen-bond acceptors (Lipinski definition) is 3. The molecule has 0 N–H and O–H groups in total. The van der Waals surface area contributed by atoms with Gasteiger partial charge in [-0.15, -0.1) is 21.8 Å². The number of aryl methyl sites for hydroxylation is 2. The number of rotatable bonds is 2. The van der Waals surface area contributed by atoms with Crippen LogP contribution in [0.4, 0.5) is 0 Å². The number of alkyl halides is 1. The Morgan fingerprint density at radius 1 is 1.67 bits per heavy atom. The molecule has 0 unspecified atom stereocenters. The van der Waals surface area contributed by atoms with E-state index < -0.39 is 0 Å². The maximum atomic E-state index is 5.42. The molecule has 1 rings (SSSR count). The van der Waals surface area contributed by atoms with Gasteiger partial charge in [0.25, 0.3) is 0 Å². The molecule has 0 saturated carbocycles. The van der Waals surface area contributed by atoms with Gasteiger partial charge in [-0.25, -0.2) is 0 Å². The summed E-state index contributed by atoms with van der Waals surface area (Å²) in [6.45, 7) is 2.42. The Kier molecular flexibility index (Phi) is 2.00. The third-order valence-electron chi connectivity index (χ3n) is 0.837. The lowest BCUT2D eigenvalue weighted by Gasteiger charge is -1.88. The number of tetrazole rings is 1. The molecule has 0 fully saturated rings. The van der Waals surface area contributed by atoms with Crippen molar-refractivity contribution >= 4 is 11.6 Å². The molecule has 0 bridgehead atoms. The van der Waals surface area contributed by atoms with Crippen LogP contribution in [0.5, 0.6) is 0 Å². The Balaban J connectivity index is 2.61. The minimum Gasteiger partial charge on any atom is -0.163 e. The van der Waals surface area contributed by atoms with Crippen molar-refractivity contribution in [3.05, 3.63) is 5.82 Å². The predicted molar refractivity (Wildman–Crippen MR) is 33.3 cm³/mol. The van der Waals surface area contributed by atoms with Gasteiger partial charge in [0.2, 0.25) is 0 Å². The normalized spacial score (nSPS) is 10.0. The third kappa shape index (κ3) is 1.64. The minimum absolute atomic E-state index is 0.524. The van der Waals surface area contributed by atoms with Crippen LogP contribution in [0.2, 0.25) is 0 Å². The van der Waals surface area contributed by atoms with E-state index in [9.17, 15) is 0 Å². The smallest absolute Gasteiger partial charge is 0.163 e. The van der Waals surface area contributed by atoms with E-state index in [-0.39, 0.29) is 0 Å². The fraction of sp³-hybridized carbons (Fsp3) is 0.750. The number of hydrogen-bond donors (Lipinski definition) is 0. The predicted octanol–water partition coefficient (Wildman–Crippen LogP) is 0.220. The zero-order chi connectivity index (χ0) is 6.69. The van der Waals surface area contributed by atoms with E-state index in [2.05, 4.69) is 15.4 Å². The van der Waals surface area contributed by atoms with Crippen molar-refractivity contribution in [1.82, 2.24) is 20.2 Å². The van der Waals surface area contributed by atoms with Crippen LogP contribution in [0.3, 0.4) is 0 Å². The van der Waals surface area contributed by atoms with E-state index in [1.807, 2.05) is 0 Å². The van der Waals surface area contributed by atoms with Gasteiger partial charge < -0.3 is 0 Å². The molecule has 0 aliphatic heterocycles. The molecule has 0 aromatic carbocycles. The summed E-state index contributed by atoms with van der Waals surface area (Å²) in [6.07, 6.45) is 0. The van der Waals surface area contributed by atoms with E-state index in [1.54, 1.807) is 6.92 Å². The van der Waals surface area contributed by atoms with Crippen LogP contribution in [0.25, 0.3) is 0 Å². The van der Waals surface area contributed by atoms with Crippen LogP contribution in [0.1, 0.15) is 5.82 Å². The second-order valence-corrected chi connectivity index (χ2v) is 2.00. The largest absolute Gasteiger partial charge is 0.171 e. The highest BCUT2D eigenvalue weighted by Gasteiger charge is 1.93. The van der Waals surface area contributed by atoms with Gasteiger partial charge >= 0.3 is 0 Å². The first-order valence-electron chi connectivity index (χ1n) is 2.63. The van der Waals surface area contributed by atoms with E-state index >= 15 is 0 Å². The van der Waals surface area contributed by atoms with E-state index in [1.165, 1.54) is 4.80 Å². The Morgan fingerprint density at radius 3 is 2.89 bits per heavy atom. The quantitative estimate of drug-likeness (QED) is 0.561. The molecule has 1 heterocycles. The summed E-state index contributed by atoms with van der Waals surface area (Å²) in [5.74, 6) is 1.20. The van der Waals surface area contributed by atoms with Gasteiger partial charge in [0.1, 0.15) is 0 Å². The van der Waals surface area contributed by atoms with Gasteiger partial charge in [-0.3, -0.25) is 0 Å².